The number of nitrogens with one attached hydrogen (secondary N) is 1. The monoisotopic (exact) mass is 256 g/mol. The maximum atomic E-state index is 11.8. The van der Waals surface area contributed by atoms with E-state index in [1.165, 1.54) is 4.57 Å². The first kappa shape index (κ1) is 13.0. The van der Waals surface area contributed by atoms with E-state index in [2.05, 4.69) is 4.98 Å². The molecule has 1 fully saturated rings. The minimum Gasteiger partial charge on any atom is -0.394 e. The number of H-pyrrole nitrogens is 1. The number of ether oxygens (including phenoxy) is 1. The van der Waals surface area contributed by atoms with Crippen LogP contribution in [0.25, 0.3) is 0 Å². The van der Waals surface area contributed by atoms with Gasteiger partial charge in [0.05, 0.1) is 12.7 Å². The molecular formula is C11H16N2O5. The van der Waals surface area contributed by atoms with Crippen LogP contribution >= 0.6 is 0 Å². The van der Waals surface area contributed by atoms with Crippen LogP contribution < -0.4 is 11.2 Å². The highest BCUT2D eigenvalue weighted by atomic mass is 16.5. The minimum absolute atomic E-state index is 0.206. The quantitative estimate of drug-likeness (QED) is 0.616. The summed E-state index contributed by atoms with van der Waals surface area (Å²) in [7, 11) is 0. The van der Waals surface area contributed by atoms with E-state index in [0.29, 0.717) is 11.3 Å². The lowest BCUT2D eigenvalue weighted by molar-refractivity contribution is -0.0466. The molecule has 0 unspecified atom stereocenters. The summed E-state index contributed by atoms with van der Waals surface area (Å²) < 4.78 is 6.71. The fourth-order valence-electron chi connectivity index (χ4n) is 2.13. The molecular weight excluding hydrogens is 240 g/mol. The van der Waals surface area contributed by atoms with Crippen LogP contribution in [0, 0.1) is 13.8 Å². The predicted molar refractivity (Wildman–Crippen MR) is 62.4 cm³/mol. The van der Waals surface area contributed by atoms with Crippen LogP contribution in [-0.2, 0) is 4.74 Å². The van der Waals surface area contributed by atoms with Crippen molar-refractivity contribution in [3.63, 3.8) is 0 Å². The molecule has 3 atom stereocenters. The summed E-state index contributed by atoms with van der Waals surface area (Å²) in [6.45, 7) is 2.95. The lowest BCUT2D eigenvalue weighted by Crippen LogP contribution is -2.36. The number of hydrogen-bond acceptors (Lipinski definition) is 5. The molecule has 18 heavy (non-hydrogen) atoms. The lowest BCUT2D eigenvalue weighted by atomic mass is 10.2. The fraction of sp³-hybridized carbons (Fsp3) is 0.636. The molecule has 0 spiro atoms. The van der Waals surface area contributed by atoms with Crippen molar-refractivity contribution in [3.05, 3.63) is 32.1 Å². The maximum absolute atomic E-state index is 11.8. The number of aliphatic hydroxyl groups is 2. The van der Waals surface area contributed by atoms with Crippen LogP contribution in [0.15, 0.2) is 9.59 Å². The zero-order chi connectivity index (χ0) is 13.4. The van der Waals surface area contributed by atoms with Crippen molar-refractivity contribution in [3.8, 4) is 0 Å². The van der Waals surface area contributed by atoms with Gasteiger partial charge < -0.3 is 14.9 Å². The average molecular weight is 256 g/mol. The molecule has 1 aromatic rings. The summed E-state index contributed by atoms with van der Waals surface area (Å²) in [4.78, 5) is 25.4. The first-order chi connectivity index (χ1) is 8.45. The van der Waals surface area contributed by atoms with Gasteiger partial charge in [-0.3, -0.25) is 14.3 Å². The zero-order valence-corrected chi connectivity index (χ0v) is 10.2. The van der Waals surface area contributed by atoms with E-state index >= 15 is 0 Å². The molecule has 1 saturated heterocycles. The highest BCUT2D eigenvalue weighted by molar-refractivity contribution is 5.14. The largest absolute Gasteiger partial charge is 0.394 e. The number of nitrogens with zero attached hydrogens (tertiary/aromatic N) is 1. The van der Waals surface area contributed by atoms with Crippen LogP contribution in [0.1, 0.15) is 23.9 Å². The molecule has 100 valence electrons. The predicted octanol–water partition coefficient (Wildman–Crippen LogP) is -1.21. The number of rotatable bonds is 2. The molecule has 0 amide bonds. The number of hydrogen-bond donors (Lipinski definition) is 3. The van der Waals surface area contributed by atoms with Crippen LogP contribution in [-0.4, -0.2) is 38.6 Å². The Kier molecular flexibility index (Phi) is 3.38. The van der Waals surface area contributed by atoms with E-state index in [-0.39, 0.29) is 13.0 Å². The zero-order valence-electron chi connectivity index (χ0n) is 10.2. The van der Waals surface area contributed by atoms with Gasteiger partial charge in [-0.1, -0.05) is 0 Å². The highest BCUT2D eigenvalue weighted by Crippen LogP contribution is 2.28. The molecule has 0 bridgehead atoms. The summed E-state index contributed by atoms with van der Waals surface area (Å²) >= 11 is 0. The van der Waals surface area contributed by atoms with Gasteiger partial charge in [-0.05, 0) is 13.8 Å². The smallest absolute Gasteiger partial charge is 0.330 e. The fourth-order valence-corrected chi connectivity index (χ4v) is 2.13. The van der Waals surface area contributed by atoms with Gasteiger partial charge in [0.2, 0.25) is 0 Å². The third kappa shape index (κ3) is 2.00. The highest BCUT2D eigenvalue weighted by Gasteiger charge is 2.35. The van der Waals surface area contributed by atoms with Crippen LogP contribution in [0.4, 0.5) is 0 Å². The van der Waals surface area contributed by atoms with Crippen LogP contribution in [0.3, 0.4) is 0 Å². The van der Waals surface area contributed by atoms with Gasteiger partial charge in [0.15, 0.2) is 0 Å². The molecule has 7 nitrogen and oxygen atoms in total. The minimum atomic E-state index is -0.821. The van der Waals surface area contributed by atoms with Crippen molar-refractivity contribution in [1.82, 2.24) is 9.55 Å². The molecule has 1 aromatic heterocycles. The van der Waals surface area contributed by atoms with Gasteiger partial charge in [-0.2, -0.15) is 0 Å². The van der Waals surface area contributed by atoms with Gasteiger partial charge >= 0.3 is 5.69 Å². The molecule has 2 rings (SSSR count). The SMILES string of the molecule is Cc1c(C)n([C@H]2C[C@H](O)[C@@H](CO)O2)c(=O)[nH]c1=O. The number of aliphatic hydroxyl groups excluding tert-OH is 2. The Balaban J connectivity index is 2.45. The van der Waals surface area contributed by atoms with Crippen molar-refractivity contribution in [2.75, 3.05) is 6.61 Å². The molecule has 0 saturated carbocycles. The van der Waals surface area contributed by atoms with Crippen molar-refractivity contribution in [2.24, 2.45) is 0 Å². The van der Waals surface area contributed by atoms with Crippen LogP contribution in [0.2, 0.25) is 0 Å². The molecule has 7 heteroatoms. The Labute approximate surface area is 103 Å². The number of aromatic amines is 1. The molecule has 3 N–H and O–H groups in total. The van der Waals surface area contributed by atoms with E-state index in [9.17, 15) is 14.7 Å². The maximum Gasteiger partial charge on any atom is 0.330 e. The van der Waals surface area contributed by atoms with E-state index < -0.39 is 29.7 Å². The van der Waals surface area contributed by atoms with Crippen molar-refractivity contribution in [1.29, 1.82) is 0 Å². The standard InChI is InChI=1S/C11H16N2O5/c1-5-6(2)13(11(17)12-10(5)16)9-3-7(15)8(4-14)18-9/h7-9,14-15H,3-4H2,1-2H3,(H,12,16,17)/t7-,8+,9+/m0/s1. The van der Waals surface area contributed by atoms with Gasteiger partial charge in [-0.15, -0.1) is 0 Å². The normalized spacial score (nSPS) is 27.7. The topological polar surface area (TPSA) is 105 Å². The van der Waals surface area contributed by atoms with Crippen LogP contribution in [0.5, 0.6) is 0 Å². The second-order valence-corrected chi connectivity index (χ2v) is 4.45. The Morgan fingerprint density at radius 2 is 2.11 bits per heavy atom. The summed E-state index contributed by atoms with van der Waals surface area (Å²) in [5, 5.41) is 18.7. The van der Waals surface area contributed by atoms with E-state index in [1.807, 2.05) is 0 Å². The summed E-state index contributed by atoms with van der Waals surface area (Å²) in [5.74, 6) is 0. The van der Waals surface area contributed by atoms with Gasteiger partial charge in [0.25, 0.3) is 5.56 Å². The second-order valence-electron chi connectivity index (χ2n) is 4.45. The van der Waals surface area contributed by atoms with E-state index in [0.717, 1.165) is 0 Å². The van der Waals surface area contributed by atoms with Gasteiger partial charge in [0, 0.05) is 17.7 Å². The summed E-state index contributed by atoms with van der Waals surface area (Å²) in [5.41, 5.74) is -0.0652. The first-order valence-corrected chi connectivity index (χ1v) is 5.72. The molecule has 1 aliphatic rings. The Hall–Kier alpha value is -1.44. The molecule has 0 aliphatic carbocycles. The summed E-state index contributed by atoms with van der Waals surface area (Å²) in [6.07, 6.45) is -1.98. The molecule has 1 aliphatic heterocycles. The van der Waals surface area contributed by atoms with E-state index in [1.54, 1.807) is 13.8 Å². The van der Waals surface area contributed by atoms with Crippen molar-refractivity contribution >= 4 is 0 Å². The molecule has 0 radical (unpaired) electrons. The third-order valence-electron chi connectivity index (χ3n) is 3.36. The Bertz CT molecular complexity index is 562. The number of aromatic nitrogens is 2. The van der Waals surface area contributed by atoms with Crippen molar-refractivity contribution in [2.45, 2.75) is 38.7 Å². The lowest BCUT2D eigenvalue weighted by Gasteiger charge is -2.18. The average Bonchev–Trinajstić information content (AvgIpc) is 2.67. The Morgan fingerprint density at radius 3 is 2.67 bits per heavy atom. The molecule has 0 aromatic carbocycles. The Morgan fingerprint density at radius 1 is 1.44 bits per heavy atom. The van der Waals surface area contributed by atoms with Crippen molar-refractivity contribution < 1.29 is 14.9 Å². The molecule has 2 heterocycles. The van der Waals surface area contributed by atoms with E-state index in [4.69, 9.17) is 9.84 Å². The first-order valence-electron chi connectivity index (χ1n) is 5.72. The van der Waals surface area contributed by atoms with Gasteiger partial charge in [-0.25, -0.2) is 4.79 Å². The van der Waals surface area contributed by atoms with Gasteiger partial charge in [0.1, 0.15) is 12.3 Å². The third-order valence-corrected chi connectivity index (χ3v) is 3.36. The summed E-state index contributed by atoms with van der Waals surface area (Å²) in [6, 6.07) is 0. The second kappa shape index (κ2) is 4.68.